The number of carbonyl (C=O) groups is 2. The quantitative estimate of drug-likeness (QED) is 0.333. The van der Waals surface area contributed by atoms with Gasteiger partial charge < -0.3 is 10.4 Å². The number of carbonyl (C=O) groups excluding carboxylic acids is 1. The van der Waals surface area contributed by atoms with Crippen LogP contribution in [-0.2, 0) is 9.59 Å². The number of nitrogens with zero attached hydrogens (tertiary/aromatic N) is 1. The van der Waals surface area contributed by atoms with Crippen LogP contribution in [0, 0.1) is 18.7 Å². The number of benzene rings is 2. The van der Waals surface area contributed by atoms with Crippen LogP contribution < -0.4 is 5.32 Å². The minimum Gasteiger partial charge on any atom is -0.481 e. The van der Waals surface area contributed by atoms with Crippen molar-refractivity contribution in [2.45, 2.75) is 57.8 Å². The van der Waals surface area contributed by atoms with Gasteiger partial charge >= 0.3 is 5.97 Å². The predicted molar refractivity (Wildman–Crippen MR) is 140 cm³/mol. The number of amides is 1. The van der Waals surface area contributed by atoms with Gasteiger partial charge in [-0.2, -0.15) is 0 Å². The minimum absolute atomic E-state index is 0.0106. The molecule has 0 aliphatic heterocycles. The van der Waals surface area contributed by atoms with E-state index in [1.54, 1.807) is 18.3 Å². The molecule has 4 rings (SSSR count). The third-order valence-corrected chi connectivity index (χ3v) is 7.37. The Morgan fingerprint density at radius 1 is 1.17 bits per heavy atom. The van der Waals surface area contributed by atoms with Gasteiger partial charge in [-0.15, -0.1) is 0 Å². The number of aromatic nitrogens is 1. The van der Waals surface area contributed by atoms with Crippen molar-refractivity contribution in [3.8, 4) is 11.1 Å². The molecule has 1 heterocycles. The number of rotatable bonds is 8. The molecule has 0 unspecified atom stereocenters. The van der Waals surface area contributed by atoms with E-state index in [9.17, 15) is 14.7 Å². The molecule has 36 heavy (non-hydrogen) atoms. The zero-order valence-corrected chi connectivity index (χ0v) is 21.2. The molecule has 2 aromatic carbocycles. The van der Waals surface area contributed by atoms with Gasteiger partial charge in [0.25, 0.3) is 0 Å². The van der Waals surface area contributed by atoms with E-state index in [4.69, 9.17) is 11.6 Å². The second-order valence-corrected chi connectivity index (χ2v) is 10.1. The molecule has 188 valence electrons. The highest BCUT2D eigenvalue weighted by molar-refractivity contribution is 6.30. The SMILES string of the molecule is Cc1c(NC(=O)[C@H](c2ccc(-c3cncc(Cl)c3)c(F)c2)C2CCCC2)cccc1[C@@H](C)CC(=O)O. The molecular weight excluding hydrogens is 479 g/mol. The molecule has 1 aliphatic rings. The second-order valence-electron chi connectivity index (χ2n) is 9.66. The van der Waals surface area contributed by atoms with Crippen LogP contribution in [0.1, 0.15) is 67.6 Å². The maximum Gasteiger partial charge on any atom is 0.303 e. The number of pyridine rings is 1. The first-order valence-electron chi connectivity index (χ1n) is 12.3. The van der Waals surface area contributed by atoms with E-state index in [2.05, 4.69) is 10.3 Å². The molecule has 0 spiro atoms. The first-order chi connectivity index (χ1) is 17.2. The number of hydrogen-bond acceptors (Lipinski definition) is 3. The topological polar surface area (TPSA) is 79.3 Å². The van der Waals surface area contributed by atoms with Gasteiger partial charge in [0.2, 0.25) is 5.91 Å². The van der Waals surface area contributed by atoms with Crippen LogP contribution in [0.2, 0.25) is 5.02 Å². The molecule has 0 bridgehead atoms. The Hall–Kier alpha value is -3.25. The summed E-state index contributed by atoms with van der Waals surface area (Å²) in [6, 6.07) is 12.2. The molecule has 1 fully saturated rings. The third kappa shape index (κ3) is 5.76. The highest BCUT2D eigenvalue weighted by atomic mass is 35.5. The molecular formula is C29H30ClFN2O3. The fourth-order valence-electron chi connectivity index (χ4n) is 5.35. The summed E-state index contributed by atoms with van der Waals surface area (Å²) >= 11 is 6.03. The summed E-state index contributed by atoms with van der Waals surface area (Å²) in [5, 5.41) is 12.7. The van der Waals surface area contributed by atoms with Gasteiger partial charge in [0.15, 0.2) is 0 Å². The summed E-state index contributed by atoms with van der Waals surface area (Å²) in [6.07, 6.45) is 6.98. The molecule has 1 aliphatic carbocycles. The van der Waals surface area contributed by atoms with E-state index in [1.807, 2.05) is 38.1 Å². The van der Waals surface area contributed by atoms with Gasteiger partial charge in [0.05, 0.1) is 17.4 Å². The van der Waals surface area contributed by atoms with Gasteiger partial charge in [-0.25, -0.2) is 4.39 Å². The van der Waals surface area contributed by atoms with E-state index < -0.39 is 17.7 Å². The molecule has 0 radical (unpaired) electrons. The van der Waals surface area contributed by atoms with Crippen LogP contribution in [-0.4, -0.2) is 22.0 Å². The number of aliphatic carboxylic acids is 1. The first kappa shape index (κ1) is 25.8. The Kier molecular flexibility index (Phi) is 8.04. The standard InChI is InChI=1S/C29H30ClFN2O3/c1-17(12-27(34)35)23-8-5-9-26(18(23)2)33-29(36)28(19-6-3-4-7-19)20-10-11-24(25(31)14-20)21-13-22(30)16-32-15-21/h5,8-11,13-17,19,28H,3-4,6-7,12H2,1-2H3,(H,33,36)(H,34,35)/t17-,28-/m0/s1. The molecule has 1 saturated carbocycles. The Balaban J connectivity index is 1.64. The Labute approximate surface area is 215 Å². The summed E-state index contributed by atoms with van der Waals surface area (Å²) in [6.45, 7) is 3.75. The predicted octanol–water partition coefficient (Wildman–Crippen LogP) is 7.34. The van der Waals surface area contributed by atoms with Crippen LogP contribution in [0.15, 0.2) is 54.9 Å². The lowest BCUT2D eigenvalue weighted by Gasteiger charge is -2.25. The highest BCUT2D eigenvalue weighted by Gasteiger charge is 2.33. The minimum atomic E-state index is -0.864. The van der Waals surface area contributed by atoms with Gasteiger partial charge in [-0.1, -0.05) is 55.6 Å². The Morgan fingerprint density at radius 3 is 2.58 bits per heavy atom. The number of anilines is 1. The van der Waals surface area contributed by atoms with Crippen molar-refractivity contribution in [1.82, 2.24) is 4.98 Å². The van der Waals surface area contributed by atoms with Crippen LogP contribution in [0.25, 0.3) is 11.1 Å². The molecule has 2 N–H and O–H groups in total. The number of carboxylic acids is 1. The van der Waals surface area contributed by atoms with E-state index in [-0.39, 0.29) is 24.2 Å². The van der Waals surface area contributed by atoms with Gasteiger partial charge in [-0.05, 0) is 66.5 Å². The first-order valence-corrected chi connectivity index (χ1v) is 12.6. The monoisotopic (exact) mass is 508 g/mol. The molecule has 0 saturated heterocycles. The van der Waals surface area contributed by atoms with E-state index >= 15 is 4.39 Å². The largest absolute Gasteiger partial charge is 0.481 e. The summed E-state index contributed by atoms with van der Waals surface area (Å²) in [5.74, 6) is -2.02. The lowest BCUT2D eigenvalue weighted by atomic mass is 9.83. The number of nitrogens with one attached hydrogen (secondary N) is 1. The zero-order chi connectivity index (χ0) is 25.8. The number of halogens is 2. The van der Waals surface area contributed by atoms with Crippen molar-refractivity contribution in [3.63, 3.8) is 0 Å². The van der Waals surface area contributed by atoms with E-state index in [0.717, 1.165) is 36.8 Å². The molecule has 5 nitrogen and oxygen atoms in total. The summed E-state index contributed by atoms with van der Waals surface area (Å²) in [4.78, 5) is 28.9. The van der Waals surface area contributed by atoms with Crippen molar-refractivity contribution in [1.29, 1.82) is 0 Å². The van der Waals surface area contributed by atoms with Crippen molar-refractivity contribution >= 4 is 29.2 Å². The summed E-state index contributed by atoms with van der Waals surface area (Å²) in [7, 11) is 0. The van der Waals surface area contributed by atoms with Crippen LogP contribution in [0.3, 0.4) is 0 Å². The summed E-state index contributed by atoms with van der Waals surface area (Å²) in [5.41, 5.74) is 3.99. The van der Waals surface area contributed by atoms with E-state index in [1.165, 1.54) is 12.3 Å². The highest BCUT2D eigenvalue weighted by Crippen LogP contribution is 2.40. The molecule has 1 aromatic heterocycles. The van der Waals surface area contributed by atoms with Gasteiger partial charge in [0, 0.05) is 29.2 Å². The van der Waals surface area contributed by atoms with Crippen molar-refractivity contribution < 1.29 is 19.1 Å². The Morgan fingerprint density at radius 2 is 1.92 bits per heavy atom. The maximum absolute atomic E-state index is 15.3. The molecule has 1 amide bonds. The van der Waals surface area contributed by atoms with Gasteiger partial charge in [-0.3, -0.25) is 14.6 Å². The van der Waals surface area contributed by atoms with Gasteiger partial charge in [0.1, 0.15) is 5.82 Å². The zero-order valence-electron chi connectivity index (χ0n) is 20.4. The Bertz CT molecular complexity index is 1270. The summed E-state index contributed by atoms with van der Waals surface area (Å²) < 4.78 is 15.3. The van der Waals surface area contributed by atoms with Crippen molar-refractivity contribution in [2.24, 2.45) is 5.92 Å². The number of carboxylic acid groups (broad SMARTS) is 1. The van der Waals surface area contributed by atoms with Crippen molar-refractivity contribution in [3.05, 3.63) is 82.4 Å². The fraction of sp³-hybridized carbons (Fsp3) is 0.345. The maximum atomic E-state index is 15.3. The molecule has 3 aromatic rings. The average Bonchev–Trinajstić information content (AvgIpc) is 3.34. The second kappa shape index (κ2) is 11.2. The third-order valence-electron chi connectivity index (χ3n) is 7.17. The molecule has 7 heteroatoms. The fourth-order valence-corrected chi connectivity index (χ4v) is 5.53. The van der Waals surface area contributed by atoms with Crippen LogP contribution in [0.5, 0.6) is 0 Å². The lowest BCUT2D eigenvalue weighted by molar-refractivity contribution is -0.137. The van der Waals surface area contributed by atoms with Crippen LogP contribution in [0.4, 0.5) is 10.1 Å². The van der Waals surface area contributed by atoms with Crippen LogP contribution >= 0.6 is 11.6 Å². The average molecular weight is 509 g/mol. The molecule has 2 atom stereocenters. The lowest BCUT2D eigenvalue weighted by Crippen LogP contribution is -2.27. The number of hydrogen-bond donors (Lipinski definition) is 2. The smallest absolute Gasteiger partial charge is 0.303 e. The van der Waals surface area contributed by atoms with E-state index in [0.29, 0.717) is 27.4 Å². The van der Waals surface area contributed by atoms with Crippen molar-refractivity contribution in [2.75, 3.05) is 5.32 Å². The normalized spacial score (nSPS) is 15.4.